The van der Waals surface area contributed by atoms with E-state index in [0.29, 0.717) is 23.6 Å². The average Bonchev–Trinajstić information content (AvgIpc) is 2.84. The van der Waals surface area contributed by atoms with Gasteiger partial charge in [0.15, 0.2) is 11.2 Å². The molecule has 0 bridgehead atoms. The van der Waals surface area contributed by atoms with Crippen LogP contribution in [-0.4, -0.2) is 29.7 Å². The number of carbonyl (C=O) groups excluding carboxylic acids is 2. The maximum atomic E-state index is 12.3. The normalized spacial score (nSPS) is 11.1. The van der Waals surface area contributed by atoms with E-state index in [9.17, 15) is 9.59 Å². The van der Waals surface area contributed by atoms with Crippen LogP contribution in [-0.2, 0) is 9.53 Å². The van der Waals surface area contributed by atoms with E-state index in [1.165, 1.54) is 0 Å². The van der Waals surface area contributed by atoms with E-state index < -0.39 is 6.10 Å². The lowest BCUT2D eigenvalue weighted by molar-refractivity contribution is -0.127. The molecule has 1 atom stereocenters. The van der Waals surface area contributed by atoms with Crippen LogP contribution >= 0.6 is 12.2 Å². The summed E-state index contributed by atoms with van der Waals surface area (Å²) in [4.78, 5) is 24.0. The molecule has 7 nitrogen and oxygen atoms in total. The van der Waals surface area contributed by atoms with Gasteiger partial charge in [0, 0.05) is 5.69 Å². The van der Waals surface area contributed by atoms with Crippen LogP contribution in [0.4, 0.5) is 5.69 Å². The first kappa shape index (κ1) is 23.7. The van der Waals surface area contributed by atoms with E-state index in [0.717, 1.165) is 11.1 Å². The van der Waals surface area contributed by atoms with Gasteiger partial charge in [0.25, 0.3) is 5.91 Å². The number of hydrogen-bond donors (Lipinski definition) is 3. The number of nitrogens with one attached hydrogen (secondary N) is 3. The molecular weight excluding hydrogens is 438 g/mol. The van der Waals surface area contributed by atoms with Crippen molar-refractivity contribution < 1.29 is 19.1 Å². The third-order valence-corrected chi connectivity index (χ3v) is 4.80. The Morgan fingerprint density at radius 2 is 1.52 bits per heavy atom. The van der Waals surface area contributed by atoms with E-state index >= 15 is 0 Å². The van der Waals surface area contributed by atoms with Crippen LogP contribution in [0.5, 0.6) is 5.75 Å². The first-order chi connectivity index (χ1) is 16.0. The van der Waals surface area contributed by atoms with Gasteiger partial charge in [-0.1, -0.05) is 42.5 Å². The molecule has 0 saturated heterocycles. The minimum absolute atomic E-state index is 0.187. The molecule has 0 radical (unpaired) electrons. The zero-order chi connectivity index (χ0) is 23.6. The first-order valence-electron chi connectivity index (χ1n) is 10.4. The number of ether oxygens (including phenoxy) is 2. The quantitative estimate of drug-likeness (QED) is 0.273. The Balaban J connectivity index is 1.45. The second-order valence-electron chi connectivity index (χ2n) is 7.02. The second kappa shape index (κ2) is 11.6. The Morgan fingerprint density at radius 1 is 0.879 bits per heavy atom. The smallest absolute Gasteiger partial charge is 0.338 e. The fourth-order valence-corrected chi connectivity index (χ4v) is 3.07. The Labute approximate surface area is 198 Å². The molecule has 3 aromatic carbocycles. The van der Waals surface area contributed by atoms with Crippen molar-refractivity contribution in [2.45, 2.75) is 20.0 Å². The highest BCUT2D eigenvalue weighted by atomic mass is 32.1. The number of thiocarbonyl (C=S) groups is 1. The summed E-state index contributed by atoms with van der Waals surface area (Å²) in [5.41, 5.74) is 8.41. The topological polar surface area (TPSA) is 88.7 Å². The molecule has 0 spiro atoms. The summed E-state index contributed by atoms with van der Waals surface area (Å²) in [6, 6.07) is 24.2. The predicted octanol–water partition coefficient (Wildman–Crippen LogP) is 4.32. The van der Waals surface area contributed by atoms with Crippen LogP contribution in [0.2, 0.25) is 0 Å². The Morgan fingerprint density at radius 3 is 2.15 bits per heavy atom. The maximum Gasteiger partial charge on any atom is 0.338 e. The number of esters is 1. The van der Waals surface area contributed by atoms with Gasteiger partial charge >= 0.3 is 5.97 Å². The van der Waals surface area contributed by atoms with Crippen molar-refractivity contribution in [3.63, 3.8) is 0 Å². The van der Waals surface area contributed by atoms with Crippen LogP contribution < -0.4 is 20.9 Å². The highest BCUT2D eigenvalue weighted by molar-refractivity contribution is 7.80. The van der Waals surface area contributed by atoms with Gasteiger partial charge in [0.05, 0.1) is 12.2 Å². The van der Waals surface area contributed by atoms with Crippen LogP contribution in [0.3, 0.4) is 0 Å². The fourth-order valence-electron chi connectivity index (χ4n) is 2.90. The monoisotopic (exact) mass is 463 g/mol. The zero-order valence-corrected chi connectivity index (χ0v) is 19.1. The van der Waals surface area contributed by atoms with Crippen molar-refractivity contribution >= 4 is 34.9 Å². The van der Waals surface area contributed by atoms with Gasteiger partial charge in [-0.05, 0) is 73.6 Å². The molecule has 8 heteroatoms. The van der Waals surface area contributed by atoms with Gasteiger partial charge < -0.3 is 14.8 Å². The molecule has 0 aliphatic carbocycles. The predicted molar refractivity (Wildman–Crippen MR) is 132 cm³/mol. The van der Waals surface area contributed by atoms with Crippen LogP contribution in [0.1, 0.15) is 24.2 Å². The lowest BCUT2D eigenvalue weighted by Crippen LogP contribution is -2.48. The Hall–Kier alpha value is -3.91. The number of anilines is 1. The molecular formula is C25H25N3O4S. The lowest BCUT2D eigenvalue weighted by Gasteiger charge is -2.17. The SMILES string of the molecule is CCOC(=O)c1ccc(NC(=S)NNC(=O)C(C)Oc2ccc(-c3ccccc3)cc2)cc1. The molecule has 0 aliphatic heterocycles. The summed E-state index contributed by atoms with van der Waals surface area (Å²) in [5.74, 6) is -0.190. The summed E-state index contributed by atoms with van der Waals surface area (Å²) in [7, 11) is 0. The second-order valence-corrected chi connectivity index (χ2v) is 7.42. The number of hydrogen-bond acceptors (Lipinski definition) is 5. The molecule has 1 amide bonds. The van der Waals surface area contributed by atoms with Crippen LogP contribution in [0, 0.1) is 0 Å². The first-order valence-corrected chi connectivity index (χ1v) is 10.8. The van der Waals surface area contributed by atoms with Crippen molar-refractivity contribution in [3.05, 3.63) is 84.4 Å². The molecule has 0 aliphatic rings. The standard InChI is InChI=1S/C25H25N3O4S/c1-3-31-24(30)20-9-13-21(14-10-20)26-25(33)28-27-23(29)17(2)32-22-15-11-19(12-16-22)18-7-5-4-6-8-18/h4-17H,3H2,1-2H3,(H,27,29)(H2,26,28,33). The van der Waals surface area contributed by atoms with E-state index in [4.69, 9.17) is 21.7 Å². The van der Waals surface area contributed by atoms with E-state index in [1.54, 1.807) is 38.1 Å². The van der Waals surface area contributed by atoms with Crippen molar-refractivity contribution in [1.82, 2.24) is 10.9 Å². The van der Waals surface area contributed by atoms with Crippen molar-refractivity contribution in [2.24, 2.45) is 0 Å². The van der Waals surface area contributed by atoms with E-state index in [-0.39, 0.29) is 17.0 Å². The molecule has 0 heterocycles. The average molecular weight is 464 g/mol. The number of rotatable bonds is 7. The van der Waals surface area contributed by atoms with E-state index in [2.05, 4.69) is 16.2 Å². The number of amides is 1. The highest BCUT2D eigenvalue weighted by Crippen LogP contribution is 2.22. The molecule has 1 unspecified atom stereocenters. The van der Waals surface area contributed by atoms with Crippen molar-refractivity contribution in [1.29, 1.82) is 0 Å². The summed E-state index contributed by atoms with van der Waals surface area (Å²) < 4.78 is 10.7. The minimum Gasteiger partial charge on any atom is -0.481 e. The zero-order valence-electron chi connectivity index (χ0n) is 18.3. The number of carbonyl (C=O) groups is 2. The lowest BCUT2D eigenvalue weighted by atomic mass is 10.1. The van der Waals surface area contributed by atoms with Gasteiger partial charge in [-0.15, -0.1) is 0 Å². The molecule has 33 heavy (non-hydrogen) atoms. The largest absolute Gasteiger partial charge is 0.481 e. The van der Waals surface area contributed by atoms with Crippen molar-refractivity contribution in [3.8, 4) is 16.9 Å². The molecule has 0 saturated carbocycles. The summed E-state index contributed by atoms with van der Waals surface area (Å²) in [6.07, 6.45) is -0.744. The molecule has 170 valence electrons. The van der Waals surface area contributed by atoms with E-state index in [1.807, 2.05) is 54.6 Å². The molecule has 3 N–H and O–H groups in total. The van der Waals surface area contributed by atoms with Crippen LogP contribution in [0.25, 0.3) is 11.1 Å². The molecule has 0 aromatic heterocycles. The molecule has 3 aromatic rings. The third-order valence-electron chi connectivity index (χ3n) is 4.60. The third kappa shape index (κ3) is 7.05. The summed E-state index contributed by atoms with van der Waals surface area (Å²) in [5, 5.41) is 3.11. The Kier molecular flexibility index (Phi) is 8.37. The van der Waals surface area contributed by atoms with Crippen LogP contribution in [0.15, 0.2) is 78.9 Å². The maximum absolute atomic E-state index is 12.3. The molecule has 3 rings (SSSR count). The van der Waals surface area contributed by atoms with Gasteiger partial charge in [-0.2, -0.15) is 0 Å². The van der Waals surface area contributed by atoms with Crippen molar-refractivity contribution in [2.75, 3.05) is 11.9 Å². The summed E-state index contributed by atoms with van der Waals surface area (Å²) >= 11 is 5.19. The van der Waals surface area contributed by atoms with Gasteiger partial charge in [0.1, 0.15) is 5.75 Å². The highest BCUT2D eigenvalue weighted by Gasteiger charge is 2.15. The fraction of sp³-hybridized carbons (Fsp3) is 0.160. The van der Waals surface area contributed by atoms with Gasteiger partial charge in [-0.3, -0.25) is 15.6 Å². The number of hydrazine groups is 1. The van der Waals surface area contributed by atoms with Gasteiger partial charge in [-0.25, -0.2) is 4.79 Å². The number of benzene rings is 3. The Bertz CT molecular complexity index is 1090. The minimum atomic E-state index is -0.744. The molecule has 0 fully saturated rings. The van der Waals surface area contributed by atoms with Gasteiger partial charge in [0.2, 0.25) is 0 Å². The summed E-state index contributed by atoms with van der Waals surface area (Å²) in [6.45, 7) is 3.71.